The van der Waals surface area contributed by atoms with E-state index >= 15 is 0 Å². The van der Waals surface area contributed by atoms with E-state index in [0.717, 1.165) is 6.42 Å². The SMILES string of the molecule is CCCOCCOc1ccnc(C(=O)O)c1. The number of ether oxygens (including phenoxy) is 2. The van der Waals surface area contributed by atoms with Crippen molar-refractivity contribution in [2.75, 3.05) is 19.8 Å². The molecule has 0 unspecified atom stereocenters. The average Bonchev–Trinajstić information content (AvgIpc) is 2.29. The molecule has 0 saturated carbocycles. The van der Waals surface area contributed by atoms with E-state index in [1.807, 2.05) is 6.92 Å². The number of aromatic nitrogens is 1. The lowest BCUT2D eigenvalue weighted by molar-refractivity contribution is 0.0689. The monoisotopic (exact) mass is 225 g/mol. The minimum atomic E-state index is -1.06. The summed E-state index contributed by atoms with van der Waals surface area (Å²) >= 11 is 0. The number of carboxylic acids is 1. The lowest BCUT2D eigenvalue weighted by Gasteiger charge is -2.06. The van der Waals surface area contributed by atoms with Crippen LogP contribution in [0.3, 0.4) is 0 Å². The Labute approximate surface area is 94.0 Å². The first-order valence-corrected chi connectivity index (χ1v) is 5.14. The van der Waals surface area contributed by atoms with Crippen molar-refractivity contribution in [3.8, 4) is 5.75 Å². The van der Waals surface area contributed by atoms with Gasteiger partial charge < -0.3 is 14.6 Å². The highest BCUT2D eigenvalue weighted by molar-refractivity contribution is 5.85. The number of rotatable bonds is 7. The van der Waals surface area contributed by atoms with Gasteiger partial charge in [-0.1, -0.05) is 6.92 Å². The maximum atomic E-state index is 10.6. The van der Waals surface area contributed by atoms with E-state index in [9.17, 15) is 4.79 Å². The van der Waals surface area contributed by atoms with Crippen molar-refractivity contribution in [2.24, 2.45) is 0 Å². The van der Waals surface area contributed by atoms with Crippen molar-refractivity contribution in [3.63, 3.8) is 0 Å². The van der Waals surface area contributed by atoms with E-state index < -0.39 is 5.97 Å². The van der Waals surface area contributed by atoms with Crippen LogP contribution in [0.5, 0.6) is 5.75 Å². The number of carboxylic acid groups (broad SMARTS) is 1. The Morgan fingerprint density at radius 3 is 2.94 bits per heavy atom. The Hall–Kier alpha value is -1.62. The van der Waals surface area contributed by atoms with Crippen molar-refractivity contribution < 1.29 is 19.4 Å². The van der Waals surface area contributed by atoms with Gasteiger partial charge in [0.25, 0.3) is 0 Å². The van der Waals surface area contributed by atoms with Gasteiger partial charge in [-0.15, -0.1) is 0 Å². The van der Waals surface area contributed by atoms with Crippen LogP contribution in [0.4, 0.5) is 0 Å². The molecule has 88 valence electrons. The second kappa shape index (κ2) is 6.79. The second-order valence-electron chi connectivity index (χ2n) is 3.14. The van der Waals surface area contributed by atoms with Gasteiger partial charge in [-0.3, -0.25) is 0 Å². The number of hydrogen-bond acceptors (Lipinski definition) is 4. The molecular formula is C11H15NO4. The Morgan fingerprint density at radius 1 is 1.44 bits per heavy atom. The van der Waals surface area contributed by atoms with E-state index in [0.29, 0.717) is 25.6 Å². The first kappa shape index (κ1) is 12.4. The summed E-state index contributed by atoms with van der Waals surface area (Å²) in [5.74, 6) is -0.569. The Kier molecular flexibility index (Phi) is 5.28. The van der Waals surface area contributed by atoms with Crippen molar-refractivity contribution in [1.29, 1.82) is 0 Å². The summed E-state index contributed by atoms with van der Waals surface area (Å²) in [6.07, 6.45) is 2.38. The molecule has 1 heterocycles. The highest BCUT2D eigenvalue weighted by atomic mass is 16.5. The molecule has 0 atom stereocenters. The fourth-order valence-corrected chi connectivity index (χ4v) is 1.08. The topological polar surface area (TPSA) is 68.7 Å². The molecule has 5 heteroatoms. The normalized spacial score (nSPS) is 10.1. The van der Waals surface area contributed by atoms with Gasteiger partial charge in [0.05, 0.1) is 6.61 Å². The Bertz CT molecular complexity index is 341. The molecule has 0 aliphatic carbocycles. The Morgan fingerprint density at radius 2 is 2.25 bits per heavy atom. The molecule has 1 aromatic heterocycles. The summed E-state index contributed by atoms with van der Waals surface area (Å²) in [6.45, 7) is 3.64. The third-order valence-electron chi connectivity index (χ3n) is 1.80. The number of nitrogens with zero attached hydrogens (tertiary/aromatic N) is 1. The van der Waals surface area contributed by atoms with Gasteiger partial charge in [0.15, 0.2) is 5.69 Å². The lowest BCUT2D eigenvalue weighted by Crippen LogP contribution is -2.08. The zero-order chi connectivity index (χ0) is 11.8. The summed E-state index contributed by atoms with van der Waals surface area (Å²) in [4.78, 5) is 14.3. The molecule has 0 spiro atoms. The van der Waals surface area contributed by atoms with Crippen LogP contribution in [0.2, 0.25) is 0 Å². The van der Waals surface area contributed by atoms with Crippen LogP contribution in [-0.4, -0.2) is 35.9 Å². The van der Waals surface area contributed by atoms with Crippen molar-refractivity contribution in [3.05, 3.63) is 24.0 Å². The maximum Gasteiger partial charge on any atom is 0.354 e. The number of aromatic carboxylic acids is 1. The van der Waals surface area contributed by atoms with Gasteiger partial charge in [-0.05, 0) is 12.5 Å². The van der Waals surface area contributed by atoms with Crippen LogP contribution in [0, 0.1) is 0 Å². The van der Waals surface area contributed by atoms with Crippen LogP contribution >= 0.6 is 0 Å². The Balaban J connectivity index is 2.36. The van der Waals surface area contributed by atoms with Gasteiger partial charge in [0.1, 0.15) is 12.4 Å². The summed E-state index contributed by atoms with van der Waals surface area (Å²) in [5.41, 5.74) is -0.0213. The number of hydrogen-bond donors (Lipinski definition) is 1. The molecule has 0 bridgehead atoms. The summed E-state index contributed by atoms with van der Waals surface area (Å²) in [5, 5.41) is 8.71. The first-order chi connectivity index (χ1) is 7.74. The molecule has 0 aliphatic rings. The van der Waals surface area contributed by atoms with Crippen molar-refractivity contribution in [2.45, 2.75) is 13.3 Å². The molecule has 0 fully saturated rings. The maximum absolute atomic E-state index is 10.6. The first-order valence-electron chi connectivity index (χ1n) is 5.14. The second-order valence-corrected chi connectivity index (χ2v) is 3.14. The minimum absolute atomic E-state index is 0.0213. The van der Waals surface area contributed by atoms with Crippen LogP contribution in [-0.2, 0) is 4.74 Å². The number of carbonyl (C=O) groups is 1. The predicted octanol–water partition coefficient (Wildman–Crippen LogP) is 1.59. The lowest BCUT2D eigenvalue weighted by atomic mass is 10.3. The van der Waals surface area contributed by atoms with Gasteiger partial charge in [-0.2, -0.15) is 0 Å². The van der Waals surface area contributed by atoms with Crippen LogP contribution in [0.25, 0.3) is 0 Å². The largest absolute Gasteiger partial charge is 0.491 e. The molecule has 0 amide bonds. The zero-order valence-corrected chi connectivity index (χ0v) is 9.18. The van der Waals surface area contributed by atoms with E-state index in [4.69, 9.17) is 14.6 Å². The molecule has 0 aliphatic heterocycles. The minimum Gasteiger partial charge on any atom is -0.491 e. The fourth-order valence-electron chi connectivity index (χ4n) is 1.08. The quantitative estimate of drug-likeness (QED) is 0.713. The molecule has 5 nitrogen and oxygen atoms in total. The van der Waals surface area contributed by atoms with Gasteiger partial charge in [0.2, 0.25) is 0 Å². The van der Waals surface area contributed by atoms with Crippen LogP contribution in [0.15, 0.2) is 18.3 Å². The van der Waals surface area contributed by atoms with Crippen LogP contribution in [0.1, 0.15) is 23.8 Å². The van der Waals surface area contributed by atoms with Crippen molar-refractivity contribution in [1.82, 2.24) is 4.98 Å². The molecule has 1 rings (SSSR count). The van der Waals surface area contributed by atoms with Crippen LogP contribution < -0.4 is 4.74 Å². The molecule has 16 heavy (non-hydrogen) atoms. The molecule has 1 N–H and O–H groups in total. The molecular weight excluding hydrogens is 210 g/mol. The van der Waals surface area contributed by atoms with Gasteiger partial charge >= 0.3 is 5.97 Å². The van der Waals surface area contributed by atoms with Gasteiger partial charge in [0, 0.05) is 18.9 Å². The third-order valence-corrected chi connectivity index (χ3v) is 1.80. The predicted molar refractivity (Wildman–Crippen MR) is 57.8 cm³/mol. The molecule has 0 saturated heterocycles. The van der Waals surface area contributed by atoms with E-state index in [1.165, 1.54) is 12.3 Å². The van der Waals surface area contributed by atoms with Crippen molar-refractivity contribution >= 4 is 5.97 Å². The summed E-state index contributed by atoms with van der Waals surface area (Å²) in [6, 6.07) is 3.01. The average molecular weight is 225 g/mol. The highest BCUT2D eigenvalue weighted by Crippen LogP contribution is 2.10. The van der Waals surface area contributed by atoms with E-state index in [1.54, 1.807) is 6.07 Å². The smallest absolute Gasteiger partial charge is 0.354 e. The molecule has 0 aromatic carbocycles. The standard InChI is InChI=1S/C11H15NO4/c1-2-5-15-6-7-16-9-3-4-12-10(8-9)11(13)14/h3-4,8H,2,5-7H2,1H3,(H,13,14). The van der Waals surface area contributed by atoms with Gasteiger partial charge in [-0.25, -0.2) is 9.78 Å². The highest BCUT2D eigenvalue weighted by Gasteiger charge is 2.05. The van der Waals surface area contributed by atoms with E-state index in [2.05, 4.69) is 4.98 Å². The zero-order valence-electron chi connectivity index (χ0n) is 9.18. The molecule has 0 radical (unpaired) electrons. The molecule has 1 aromatic rings. The van der Waals surface area contributed by atoms with E-state index in [-0.39, 0.29) is 5.69 Å². The fraction of sp³-hybridized carbons (Fsp3) is 0.455. The summed E-state index contributed by atoms with van der Waals surface area (Å²) < 4.78 is 10.5. The third kappa shape index (κ3) is 4.27. The number of pyridine rings is 1. The summed E-state index contributed by atoms with van der Waals surface area (Å²) in [7, 11) is 0.